The van der Waals surface area contributed by atoms with E-state index < -0.39 is 0 Å². The molecule has 2 rings (SSSR count). The molecule has 1 aliphatic heterocycles. The van der Waals surface area contributed by atoms with Crippen LogP contribution in [0.15, 0.2) is 18.2 Å². The summed E-state index contributed by atoms with van der Waals surface area (Å²) in [6, 6.07) is 4.76. The van der Waals surface area contributed by atoms with Crippen LogP contribution in [0.5, 0.6) is 0 Å². The van der Waals surface area contributed by atoms with Gasteiger partial charge in [0.05, 0.1) is 6.04 Å². The van der Waals surface area contributed by atoms with Crippen LogP contribution in [-0.4, -0.2) is 36.1 Å². The number of imide groups is 1. The van der Waals surface area contributed by atoms with Gasteiger partial charge in [-0.15, -0.1) is 0 Å². The number of rotatable bonds is 4. The summed E-state index contributed by atoms with van der Waals surface area (Å²) in [6.45, 7) is 0.445. The van der Waals surface area contributed by atoms with E-state index in [1.54, 1.807) is 25.2 Å². The van der Waals surface area contributed by atoms with Crippen molar-refractivity contribution in [3.8, 4) is 0 Å². The van der Waals surface area contributed by atoms with Gasteiger partial charge < -0.3 is 5.73 Å². The number of nitrogens with zero attached hydrogens (tertiary/aromatic N) is 1. The van der Waals surface area contributed by atoms with Gasteiger partial charge in [-0.05, 0) is 31.2 Å². The van der Waals surface area contributed by atoms with E-state index in [0.29, 0.717) is 30.6 Å². The van der Waals surface area contributed by atoms with Crippen LogP contribution in [0.2, 0.25) is 0 Å². The fourth-order valence-corrected chi connectivity index (χ4v) is 2.35. The first-order valence-corrected chi connectivity index (χ1v) is 6.39. The van der Waals surface area contributed by atoms with Gasteiger partial charge in [-0.2, -0.15) is 0 Å². The Morgan fingerprint density at radius 3 is 2.85 bits per heavy atom. The number of nitrogens with one attached hydrogen (secondary N) is 1. The predicted octanol–water partition coefficient (Wildman–Crippen LogP) is 0.318. The Morgan fingerprint density at radius 1 is 1.45 bits per heavy atom. The molecule has 0 aliphatic carbocycles. The summed E-state index contributed by atoms with van der Waals surface area (Å²) in [5.41, 5.74) is 7.49. The van der Waals surface area contributed by atoms with Crippen LogP contribution in [0.3, 0.4) is 0 Å². The van der Waals surface area contributed by atoms with E-state index in [2.05, 4.69) is 5.32 Å². The molecule has 1 saturated heterocycles. The quantitative estimate of drug-likeness (QED) is 0.469. The summed E-state index contributed by atoms with van der Waals surface area (Å²) in [7, 11) is 1.80. The van der Waals surface area contributed by atoms with E-state index in [1.807, 2.05) is 4.90 Å². The maximum atomic E-state index is 11.8. The second kappa shape index (κ2) is 5.83. The van der Waals surface area contributed by atoms with Gasteiger partial charge in [0.2, 0.25) is 11.8 Å². The fourth-order valence-electron chi connectivity index (χ4n) is 2.35. The number of carbonyl (C=O) groups is 3. The van der Waals surface area contributed by atoms with Gasteiger partial charge in [-0.1, -0.05) is 6.07 Å². The molecule has 106 valence electrons. The molecule has 1 heterocycles. The number of nitrogens with two attached hydrogens (primary N) is 1. The molecule has 0 spiro atoms. The van der Waals surface area contributed by atoms with Gasteiger partial charge in [0.1, 0.15) is 6.29 Å². The molecular weight excluding hydrogens is 258 g/mol. The number of carbonyl (C=O) groups excluding carboxylic acids is 3. The van der Waals surface area contributed by atoms with Gasteiger partial charge in [-0.3, -0.25) is 24.6 Å². The third kappa shape index (κ3) is 3.03. The molecule has 20 heavy (non-hydrogen) atoms. The molecule has 0 saturated carbocycles. The molecule has 6 heteroatoms. The Kier molecular flexibility index (Phi) is 4.14. The molecule has 6 nitrogen and oxygen atoms in total. The van der Waals surface area contributed by atoms with E-state index in [1.165, 1.54) is 0 Å². The highest BCUT2D eigenvalue weighted by Gasteiger charge is 2.29. The van der Waals surface area contributed by atoms with Gasteiger partial charge in [0.25, 0.3) is 0 Å². The number of benzene rings is 1. The monoisotopic (exact) mass is 275 g/mol. The van der Waals surface area contributed by atoms with Crippen LogP contribution in [0.1, 0.15) is 28.8 Å². The van der Waals surface area contributed by atoms with Gasteiger partial charge in [0.15, 0.2) is 0 Å². The Bertz CT molecular complexity index is 557. The number of amides is 2. The third-order valence-corrected chi connectivity index (χ3v) is 3.46. The Morgan fingerprint density at radius 2 is 2.20 bits per heavy atom. The van der Waals surface area contributed by atoms with Crippen molar-refractivity contribution >= 4 is 23.8 Å². The maximum Gasteiger partial charge on any atom is 0.243 e. The van der Waals surface area contributed by atoms with Crippen LogP contribution < -0.4 is 11.1 Å². The summed E-state index contributed by atoms with van der Waals surface area (Å²) in [6.07, 6.45) is 1.58. The maximum absolute atomic E-state index is 11.8. The highest BCUT2D eigenvalue weighted by Crippen LogP contribution is 2.17. The second-order valence-corrected chi connectivity index (χ2v) is 4.96. The molecular formula is C14H17N3O3. The van der Waals surface area contributed by atoms with Crippen LogP contribution in [0, 0.1) is 0 Å². The minimum Gasteiger partial charge on any atom is -0.399 e. The molecule has 0 aromatic heterocycles. The average Bonchev–Trinajstić information content (AvgIpc) is 2.40. The van der Waals surface area contributed by atoms with Crippen LogP contribution >= 0.6 is 0 Å². The van der Waals surface area contributed by atoms with E-state index in [4.69, 9.17) is 5.73 Å². The van der Waals surface area contributed by atoms with Crippen molar-refractivity contribution in [1.29, 1.82) is 0 Å². The smallest absolute Gasteiger partial charge is 0.243 e. The standard InChI is InChI=1S/C14H17N3O3/c1-17(12-4-5-13(19)16-14(12)20)7-9-2-3-11(15)6-10(9)8-18/h2-3,6,8,12H,4-5,7,15H2,1H3,(H,16,19,20). The van der Waals surface area contributed by atoms with Gasteiger partial charge >= 0.3 is 0 Å². The predicted molar refractivity (Wildman–Crippen MR) is 73.9 cm³/mol. The molecule has 0 radical (unpaired) electrons. The summed E-state index contributed by atoms with van der Waals surface area (Å²) < 4.78 is 0. The zero-order valence-electron chi connectivity index (χ0n) is 11.3. The zero-order valence-corrected chi connectivity index (χ0v) is 11.3. The second-order valence-electron chi connectivity index (χ2n) is 4.96. The molecule has 2 amide bonds. The molecule has 3 N–H and O–H groups in total. The highest BCUT2D eigenvalue weighted by molar-refractivity contribution is 6.00. The summed E-state index contributed by atoms with van der Waals surface area (Å²) in [5.74, 6) is -0.521. The minimum atomic E-state index is -0.357. The molecule has 1 aromatic rings. The molecule has 1 aliphatic rings. The average molecular weight is 275 g/mol. The topological polar surface area (TPSA) is 92.5 Å². The molecule has 1 atom stereocenters. The van der Waals surface area contributed by atoms with E-state index in [9.17, 15) is 14.4 Å². The largest absolute Gasteiger partial charge is 0.399 e. The number of piperidine rings is 1. The first-order valence-electron chi connectivity index (χ1n) is 6.39. The van der Waals surface area contributed by atoms with Crippen molar-refractivity contribution in [2.75, 3.05) is 12.8 Å². The fraction of sp³-hybridized carbons (Fsp3) is 0.357. The number of anilines is 1. The summed E-state index contributed by atoms with van der Waals surface area (Å²) >= 11 is 0. The summed E-state index contributed by atoms with van der Waals surface area (Å²) in [5, 5.41) is 2.32. The Balaban J connectivity index is 2.11. The van der Waals surface area contributed by atoms with Crippen LogP contribution in [0.4, 0.5) is 5.69 Å². The van der Waals surface area contributed by atoms with Crippen molar-refractivity contribution in [2.45, 2.75) is 25.4 Å². The van der Waals surface area contributed by atoms with Crippen molar-refractivity contribution in [1.82, 2.24) is 10.2 Å². The van der Waals surface area contributed by atoms with E-state index in [0.717, 1.165) is 11.8 Å². The normalized spacial score (nSPS) is 19.0. The molecule has 1 unspecified atom stereocenters. The lowest BCUT2D eigenvalue weighted by atomic mass is 10.0. The number of likely N-dealkylation sites (N-methyl/N-ethyl adjacent to an activating group) is 1. The Labute approximate surface area is 116 Å². The van der Waals surface area contributed by atoms with Crippen molar-refractivity contribution in [2.24, 2.45) is 0 Å². The first-order chi connectivity index (χ1) is 9.51. The van der Waals surface area contributed by atoms with Crippen LogP contribution in [0.25, 0.3) is 0 Å². The van der Waals surface area contributed by atoms with Gasteiger partial charge in [0, 0.05) is 24.2 Å². The molecule has 0 bridgehead atoms. The van der Waals surface area contributed by atoms with E-state index >= 15 is 0 Å². The Hall–Kier alpha value is -2.21. The number of nitrogen functional groups attached to an aromatic ring is 1. The number of aldehydes is 1. The molecule has 1 fully saturated rings. The lowest BCUT2D eigenvalue weighted by Crippen LogP contribution is -2.51. The van der Waals surface area contributed by atoms with Crippen molar-refractivity contribution in [3.63, 3.8) is 0 Å². The van der Waals surface area contributed by atoms with E-state index in [-0.39, 0.29) is 17.9 Å². The third-order valence-electron chi connectivity index (χ3n) is 3.46. The van der Waals surface area contributed by atoms with Crippen LogP contribution in [-0.2, 0) is 16.1 Å². The highest BCUT2D eigenvalue weighted by atomic mass is 16.2. The first kappa shape index (κ1) is 14.2. The molecule has 1 aromatic carbocycles. The van der Waals surface area contributed by atoms with Crippen molar-refractivity contribution in [3.05, 3.63) is 29.3 Å². The lowest BCUT2D eigenvalue weighted by molar-refractivity contribution is -0.137. The number of hydrogen-bond acceptors (Lipinski definition) is 5. The van der Waals surface area contributed by atoms with Crippen molar-refractivity contribution < 1.29 is 14.4 Å². The summed E-state index contributed by atoms with van der Waals surface area (Å²) in [4.78, 5) is 35.8. The number of hydrogen-bond donors (Lipinski definition) is 2. The van der Waals surface area contributed by atoms with Gasteiger partial charge in [-0.25, -0.2) is 0 Å². The zero-order chi connectivity index (χ0) is 14.7. The SMILES string of the molecule is CN(Cc1ccc(N)cc1C=O)C1CCC(=O)NC1=O. The minimum absolute atomic E-state index is 0.235. The lowest BCUT2D eigenvalue weighted by Gasteiger charge is -2.29.